The van der Waals surface area contributed by atoms with Gasteiger partial charge < -0.3 is 9.64 Å². The molecule has 2 atom stereocenters. The molecule has 0 amide bonds. The lowest BCUT2D eigenvalue weighted by molar-refractivity contribution is 0.108. The van der Waals surface area contributed by atoms with Crippen LogP contribution in [0.3, 0.4) is 0 Å². The fraction of sp³-hybridized carbons (Fsp3) is 0.533. The van der Waals surface area contributed by atoms with Gasteiger partial charge in [0.2, 0.25) is 0 Å². The molecule has 0 aromatic heterocycles. The number of fused-ring (bicyclic) bond motifs is 1. The molecule has 0 N–H and O–H groups in total. The van der Waals surface area contributed by atoms with Gasteiger partial charge in [-0.25, -0.2) is 0 Å². The largest absolute Gasteiger partial charge is 0.494 e. The second-order valence-corrected chi connectivity index (χ2v) is 5.86. The van der Waals surface area contributed by atoms with E-state index in [4.69, 9.17) is 16.3 Å². The topological polar surface area (TPSA) is 29.5 Å². The summed E-state index contributed by atoms with van der Waals surface area (Å²) < 4.78 is 5.66. The molecular formula is C15H18ClNO2. The Morgan fingerprint density at radius 2 is 1.95 bits per heavy atom. The molecule has 1 heterocycles. The molecule has 0 unspecified atom stereocenters. The molecule has 2 fully saturated rings. The number of benzene rings is 1. The second kappa shape index (κ2) is 5.51. The van der Waals surface area contributed by atoms with Gasteiger partial charge in [-0.05, 0) is 60.5 Å². The van der Waals surface area contributed by atoms with Crippen LogP contribution in [-0.2, 0) is 0 Å². The Balaban J connectivity index is 1.36. The molecule has 1 aliphatic heterocycles. The first-order valence-corrected chi connectivity index (χ1v) is 7.25. The molecule has 2 aliphatic rings. The highest BCUT2D eigenvalue weighted by Crippen LogP contribution is 2.44. The Bertz CT molecular complexity index is 450. The van der Waals surface area contributed by atoms with E-state index >= 15 is 0 Å². The maximum atomic E-state index is 10.9. The number of halogens is 1. The monoisotopic (exact) mass is 279 g/mol. The predicted octanol–water partition coefficient (Wildman–Crippen LogP) is 2.79. The highest BCUT2D eigenvalue weighted by molar-refractivity contribution is 6.67. The van der Waals surface area contributed by atoms with E-state index in [9.17, 15) is 4.79 Å². The van der Waals surface area contributed by atoms with Crippen LogP contribution in [0.1, 0.15) is 23.2 Å². The van der Waals surface area contributed by atoms with Gasteiger partial charge in [0.25, 0.3) is 5.24 Å². The summed E-state index contributed by atoms with van der Waals surface area (Å²) in [6.07, 6.45) is 2.51. The van der Waals surface area contributed by atoms with E-state index in [-0.39, 0.29) is 0 Å². The van der Waals surface area contributed by atoms with Gasteiger partial charge in [0.15, 0.2) is 0 Å². The van der Waals surface area contributed by atoms with Gasteiger partial charge in [0, 0.05) is 25.2 Å². The summed E-state index contributed by atoms with van der Waals surface area (Å²) in [5.74, 6) is 2.80. The third-order valence-corrected chi connectivity index (χ3v) is 4.24. The first-order chi connectivity index (χ1) is 9.22. The van der Waals surface area contributed by atoms with Crippen LogP contribution in [-0.4, -0.2) is 36.4 Å². The van der Waals surface area contributed by atoms with Crippen molar-refractivity contribution in [1.29, 1.82) is 0 Å². The number of carbonyl (C=O) groups is 1. The molecule has 4 heteroatoms. The van der Waals surface area contributed by atoms with E-state index in [1.54, 1.807) is 24.3 Å². The Labute approximate surface area is 118 Å². The highest BCUT2D eigenvalue weighted by atomic mass is 35.5. The zero-order valence-electron chi connectivity index (χ0n) is 10.8. The first-order valence-electron chi connectivity index (χ1n) is 6.87. The third kappa shape index (κ3) is 3.28. The van der Waals surface area contributed by atoms with Crippen molar-refractivity contribution in [3.8, 4) is 5.75 Å². The minimum Gasteiger partial charge on any atom is -0.494 e. The summed E-state index contributed by atoms with van der Waals surface area (Å²) in [6.45, 7) is 4.43. The normalized spacial score (nSPS) is 25.1. The van der Waals surface area contributed by atoms with E-state index in [0.29, 0.717) is 5.56 Å². The Hall–Kier alpha value is -1.06. The minimum absolute atomic E-state index is 0.431. The summed E-state index contributed by atoms with van der Waals surface area (Å²) in [5, 5.41) is -0.431. The summed E-state index contributed by atoms with van der Waals surface area (Å²) in [5.41, 5.74) is 0.505. The van der Waals surface area contributed by atoms with Crippen LogP contribution in [0.25, 0.3) is 0 Å². The molecular weight excluding hydrogens is 262 g/mol. The Morgan fingerprint density at radius 1 is 1.26 bits per heavy atom. The van der Waals surface area contributed by atoms with Crippen molar-refractivity contribution in [2.45, 2.75) is 12.8 Å². The molecule has 1 aromatic carbocycles. The maximum absolute atomic E-state index is 10.9. The van der Waals surface area contributed by atoms with Crippen molar-refractivity contribution in [2.24, 2.45) is 11.8 Å². The molecule has 1 saturated carbocycles. The quantitative estimate of drug-likeness (QED) is 0.592. The lowest BCUT2D eigenvalue weighted by atomic mass is 10.2. The molecule has 3 nitrogen and oxygen atoms in total. The third-order valence-electron chi connectivity index (χ3n) is 4.02. The number of nitrogens with zero attached hydrogens (tertiary/aromatic N) is 1. The van der Waals surface area contributed by atoms with Crippen LogP contribution in [0, 0.1) is 11.8 Å². The molecule has 102 valence electrons. The summed E-state index contributed by atoms with van der Waals surface area (Å²) in [6, 6.07) is 6.97. The van der Waals surface area contributed by atoms with E-state index in [1.807, 2.05) is 0 Å². The molecule has 0 bridgehead atoms. The number of hydrogen-bond acceptors (Lipinski definition) is 3. The summed E-state index contributed by atoms with van der Waals surface area (Å²) in [4.78, 5) is 13.5. The van der Waals surface area contributed by atoms with Crippen LogP contribution in [0.4, 0.5) is 0 Å². The Morgan fingerprint density at radius 3 is 2.58 bits per heavy atom. The summed E-state index contributed by atoms with van der Waals surface area (Å²) in [7, 11) is 0. The number of rotatable bonds is 6. The van der Waals surface area contributed by atoms with Crippen molar-refractivity contribution in [1.82, 2.24) is 4.90 Å². The number of hydrogen-bond donors (Lipinski definition) is 0. The van der Waals surface area contributed by atoms with Crippen molar-refractivity contribution < 1.29 is 9.53 Å². The SMILES string of the molecule is O=C(Cl)c1ccc(OCCCN2C[C@H]3C[C@H]3C2)cc1. The summed E-state index contributed by atoms with van der Waals surface area (Å²) >= 11 is 5.39. The molecule has 1 saturated heterocycles. The van der Waals surface area contributed by atoms with E-state index in [0.717, 1.165) is 37.2 Å². The average molecular weight is 280 g/mol. The van der Waals surface area contributed by atoms with Gasteiger partial charge in [-0.15, -0.1) is 0 Å². The van der Waals surface area contributed by atoms with Crippen molar-refractivity contribution in [2.75, 3.05) is 26.2 Å². The van der Waals surface area contributed by atoms with Gasteiger partial charge in [-0.2, -0.15) is 0 Å². The minimum atomic E-state index is -0.431. The highest BCUT2D eigenvalue weighted by Gasteiger charge is 2.44. The number of ether oxygens (including phenoxy) is 1. The fourth-order valence-electron chi connectivity index (χ4n) is 2.84. The van der Waals surface area contributed by atoms with Gasteiger partial charge in [0.1, 0.15) is 5.75 Å². The lowest BCUT2D eigenvalue weighted by Crippen LogP contribution is -2.25. The first kappa shape index (κ1) is 12.9. The number of carbonyl (C=O) groups excluding carboxylic acids is 1. The van der Waals surface area contributed by atoms with Crippen molar-refractivity contribution in [3.05, 3.63) is 29.8 Å². The van der Waals surface area contributed by atoms with Crippen LogP contribution in [0.15, 0.2) is 24.3 Å². The van der Waals surface area contributed by atoms with Gasteiger partial charge in [0.05, 0.1) is 6.61 Å². The molecule has 1 aliphatic carbocycles. The van der Waals surface area contributed by atoms with E-state index in [2.05, 4.69) is 4.90 Å². The average Bonchev–Trinajstić information content (AvgIpc) is 3.02. The van der Waals surface area contributed by atoms with Gasteiger partial charge >= 0.3 is 0 Å². The van der Waals surface area contributed by atoms with Crippen molar-refractivity contribution >= 4 is 16.8 Å². The lowest BCUT2D eigenvalue weighted by Gasteiger charge is -2.17. The van der Waals surface area contributed by atoms with E-state index < -0.39 is 5.24 Å². The molecule has 0 radical (unpaired) electrons. The molecule has 1 aromatic rings. The van der Waals surface area contributed by atoms with Gasteiger partial charge in [-0.1, -0.05) is 0 Å². The maximum Gasteiger partial charge on any atom is 0.252 e. The molecule has 19 heavy (non-hydrogen) atoms. The zero-order chi connectivity index (χ0) is 13.2. The van der Waals surface area contributed by atoms with Crippen LogP contribution < -0.4 is 4.74 Å². The van der Waals surface area contributed by atoms with Crippen molar-refractivity contribution in [3.63, 3.8) is 0 Å². The van der Waals surface area contributed by atoms with Gasteiger partial charge in [-0.3, -0.25) is 4.79 Å². The smallest absolute Gasteiger partial charge is 0.252 e. The van der Waals surface area contributed by atoms with Crippen LogP contribution in [0.2, 0.25) is 0 Å². The fourth-order valence-corrected chi connectivity index (χ4v) is 2.96. The molecule has 0 spiro atoms. The van der Waals surface area contributed by atoms with E-state index in [1.165, 1.54) is 19.5 Å². The number of piperidine rings is 1. The van der Waals surface area contributed by atoms with Crippen LogP contribution >= 0.6 is 11.6 Å². The second-order valence-electron chi connectivity index (χ2n) is 5.52. The standard InChI is InChI=1S/C15H18ClNO2/c16-15(18)11-2-4-14(5-3-11)19-7-1-6-17-9-12-8-13(12)10-17/h2-5,12-13H,1,6-10H2/t12-,13+. The number of likely N-dealkylation sites (tertiary alicyclic amines) is 1. The predicted molar refractivity (Wildman–Crippen MR) is 74.8 cm³/mol. The zero-order valence-corrected chi connectivity index (χ0v) is 11.6. The Kier molecular flexibility index (Phi) is 3.76. The van der Waals surface area contributed by atoms with Crippen LogP contribution in [0.5, 0.6) is 5.75 Å². The molecule has 3 rings (SSSR count).